The predicted molar refractivity (Wildman–Crippen MR) is 121 cm³/mol. The number of rotatable bonds is 7. The van der Waals surface area contributed by atoms with E-state index in [0.29, 0.717) is 11.1 Å². The molecule has 4 bridgehead atoms. The topological polar surface area (TPSA) is 56.2 Å². The second-order valence-electron chi connectivity index (χ2n) is 10.1. The number of hydrogen-bond donors (Lipinski definition) is 1. The normalized spacial score (nSPS) is 29.7. The Labute approximate surface area is 189 Å². The molecular formula is C25H32ClN3O2. The molecule has 5 nitrogen and oxygen atoms in total. The van der Waals surface area contributed by atoms with Crippen LogP contribution in [0.1, 0.15) is 67.9 Å². The Balaban J connectivity index is 1.22. The predicted octanol–water partition coefficient (Wildman–Crippen LogP) is 5.61. The first-order valence-corrected chi connectivity index (χ1v) is 12.0. The lowest BCUT2D eigenvalue weighted by Crippen LogP contribution is -2.56. The van der Waals surface area contributed by atoms with E-state index in [1.807, 2.05) is 25.1 Å². The maximum Gasteiger partial charge on any atom is 0.272 e. The van der Waals surface area contributed by atoms with Crippen LogP contribution in [0, 0.1) is 30.1 Å². The molecule has 6 heteroatoms. The molecule has 0 spiro atoms. The Hall–Kier alpha value is -2.01. The van der Waals surface area contributed by atoms with E-state index in [0.717, 1.165) is 40.5 Å². The van der Waals surface area contributed by atoms with E-state index in [4.69, 9.17) is 16.3 Å². The molecule has 4 aliphatic carbocycles. The molecule has 1 N–H and O–H groups in total. The molecule has 6 rings (SSSR count). The van der Waals surface area contributed by atoms with Gasteiger partial charge in [-0.15, -0.1) is 0 Å². The number of aromatic nitrogens is 2. The third-order valence-corrected chi connectivity index (χ3v) is 8.33. The van der Waals surface area contributed by atoms with E-state index in [9.17, 15) is 4.79 Å². The summed E-state index contributed by atoms with van der Waals surface area (Å²) >= 11 is 6.07. The summed E-state index contributed by atoms with van der Waals surface area (Å²) in [4.78, 5) is 13.0. The van der Waals surface area contributed by atoms with Crippen LogP contribution in [0.15, 0.2) is 30.5 Å². The van der Waals surface area contributed by atoms with Crippen molar-refractivity contribution in [2.24, 2.45) is 23.2 Å². The van der Waals surface area contributed by atoms with Crippen molar-refractivity contribution in [2.45, 2.75) is 71.6 Å². The van der Waals surface area contributed by atoms with Crippen LogP contribution in [-0.4, -0.2) is 21.7 Å². The highest BCUT2D eigenvalue weighted by Crippen LogP contribution is 2.61. The van der Waals surface area contributed by atoms with Crippen LogP contribution in [-0.2, 0) is 6.73 Å². The minimum atomic E-state index is -0.0660. The first-order valence-electron chi connectivity index (χ1n) is 11.7. The van der Waals surface area contributed by atoms with E-state index in [2.05, 4.69) is 17.3 Å². The largest absolute Gasteiger partial charge is 0.471 e. The highest BCUT2D eigenvalue weighted by molar-refractivity contribution is 6.31. The summed E-state index contributed by atoms with van der Waals surface area (Å²) in [5.41, 5.74) is 1.73. The van der Waals surface area contributed by atoms with E-state index < -0.39 is 0 Å². The molecule has 1 atom stereocenters. The van der Waals surface area contributed by atoms with Crippen LogP contribution in [0.2, 0.25) is 5.02 Å². The van der Waals surface area contributed by atoms with Crippen LogP contribution in [0.5, 0.6) is 5.75 Å². The minimum absolute atomic E-state index is 0.0660. The van der Waals surface area contributed by atoms with Gasteiger partial charge in [-0.3, -0.25) is 4.79 Å². The fourth-order valence-corrected chi connectivity index (χ4v) is 7.04. The third kappa shape index (κ3) is 4.09. The van der Waals surface area contributed by atoms with Crippen LogP contribution >= 0.6 is 11.6 Å². The van der Waals surface area contributed by atoms with Crippen LogP contribution < -0.4 is 10.1 Å². The molecule has 166 valence electrons. The molecule has 4 saturated carbocycles. The van der Waals surface area contributed by atoms with E-state index in [1.165, 1.54) is 38.5 Å². The molecule has 0 radical (unpaired) electrons. The minimum Gasteiger partial charge on any atom is -0.471 e. The molecule has 0 saturated heterocycles. The number of aryl methyl sites for hydroxylation is 1. The van der Waals surface area contributed by atoms with Gasteiger partial charge in [-0.1, -0.05) is 18.5 Å². The standard InChI is InChI=1S/C25H32ClN3O2/c1-3-23(25-12-17-9-18(13-25)11-19(10-17)14-25)27-24(30)22-6-7-29(28-22)15-31-20-4-5-21(26)16(2)8-20/h4-8,17-19,23H,3,9-15H2,1-2H3,(H,27,30)/t17?,18?,19?,23-,25?/m1/s1. The molecule has 1 amide bonds. The van der Waals surface area contributed by atoms with Gasteiger partial charge in [0.05, 0.1) is 0 Å². The van der Waals surface area contributed by atoms with Crippen molar-refractivity contribution in [3.63, 3.8) is 0 Å². The average molecular weight is 442 g/mol. The molecule has 1 heterocycles. The molecule has 1 aromatic heterocycles. The molecule has 4 fully saturated rings. The maximum atomic E-state index is 13.0. The fraction of sp³-hybridized carbons (Fsp3) is 0.600. The number of amides is 1. The zero-order valence-electron chi connectivity index (χ0n) is 18.4. The number of nitrogens with zero attached hydrogens (tertiary/aromatic N) is 2. The molecule has 2 aromatic rings. The number of ether oxygens (including phenoxy) is 1. The number of carbonyl (C=O) groups is 1. The van der Waals surface area contributed by atoms with Crippen molar-refractivity contribution in [2.75, 3.05) is 0 Å². The first kappa shape index (κ1) is 20.9. The van der Waals surface area contributed by atoms with Gasteiger partial charge in [0.25, 0.3) is 5.91 Å². The summed E-state index contributed by atoms with van der Waals surface area (Å²) in [7, 11) is 0. The average Bonchev–Trinajstić information content (AvgIpc) is 3.21. The fourth-order valence-electron chi connectivity index (χ4n) is 6.93. The maximum absolute atomic E-state index is 13.0. The number of hydrogen-bond acceptors (Lipinski definition) is 3. The summed E-state index contributed by atoms with van der Waals surface area (Å²) in [6, 6.07) is 7.58. The number of carbonyl (C=O) groups excluding carboxylic acids is 1. The molecular weight excluding hydrogens is 410 g/mol. The third-order valence-electron chi connectivity index (χ3n) is 7.90. The zero-order valence-corrected chi connectivity index (χ0v) is 19.2. The first-order chi connectivity index (χ1) is 14.9. The lowest BCUT2D eigenvalue weighted by atomic mass is 9.47. The lowest BCUT2D eigenvalue weighted by Gasteiger charge is -2.59. The van der Waals surface area contributed by atoms with Crippen LogP contribution in [0.4, 0.5) is 0 Å². The Kier molecular flexibility index (Phi) is 5.49. The highest BCUT2D eigenvalue weighted by atomic mass is 35.5. The van der Waals surface area contributed by atoms with Crippen molar-refractivity contribution >= 4 is 17.5 Å². The zero-order chi connectivity index (χ0) is 21.6. The van der Waals surface area contributed by atoms with E-state index in [1.54, 1.807) is 16.9 Å². The van der Waals surface area contributed by atoms with Gasteiger partial charge in [0.2, 0.25) is 0 Å². The van der Waals surface area contributed by atoms with Gasteiger partial charge < -0.3 is 10.1 Å². The number of halogens is 1. The second kappa shape index (κ2) is 8.16. The van der Waals surface area contributed by atoms with E-state index >= 15 is 0 Å². The van der Waals surface area contributed by atoms with Crippen molar-refractivity contribution in [3.05, 3.63) is 46.7 Å². The summed E-state index contributed by atoms with van der Waals surface area (Å²) < 4.78 is 7.46. The number of nitrogens with one attached hydrogen (secondary N) is 1. The molecule has 31 heavy (non-hydrogen) atoms. The molecule has 0 aliphatic heterocycles. The van der Waals surface area contributed by atoms with Crippen LogP contribution in [0.25, 0.3) is 0 Å². The van der Waals surface area contributed by atoms with Gasteiger partial charge in [-0.05, 0) is 105 Å². The Bertz CT molecular complexity index is 934. The highest BCUT2D eigenvalue weighted by Gasteiger charge is 2.54. The van der Waals surface area contributed by atoms with Crippen molar-refractivity contribution in [1.82, 2.24) is 15.1 Å². The van der Waals surface area contributed by atoms with Crippen molar-refractivity contribution in [3.8, 4) is 5.75 Å². The van der Waals surface area contributed by atoms with Crippen molar-refractivity contribution in [1.29, 1.82) is 0 Å². The summed E-state index contributed by atoms with van der Waals surface area (Å²) in [6.07, 6.45) is 10.9. The number of benzene rings is 1. The summed E-state index contributed by atoms with van der Waals surface area (Å²) in [6.45, 7) is 4.41. The van der Waals surface area contributed by atoms with Gasteiger partial charge in [0, 0.05) is 17.3 Å². The molecule has 1 aromatic carbocycles. The second-order valence-corrected chi connectivity index (χ2v) is 10.5. The summed E-state index contributed by atoms with van der Waals surface area (Å²) in [5, 5.41) is 8.54. The monoisotopic (exact) mass is 441 g/mol. The molecule has 4 aliphatic rings. The van der Waals surface area contributed by atoms with Gasteiger partial charge in [0.1, 0.15) is 11.4 Å². The SMILES string of the molecule is CC[C@@H](NC(=O)c1ccn(COc2ccc(Cl)c(C)c2)n1)C12CC3CC(CC(C3)C1)C2. The Morgan fingerprint density at radius 3 is 2.52 bits per heavy atom. The molecule has 0 unspecified atom stereocenters. The van der Waals surface area contributed by atoms with Gasteiger partial charge in [0.15, 0.2) is 6.73 Å². The smallest absolute Gasteiger partial charge is 0.272 e. The van der Waals surface area contributed by atoms with Gasteiger partial charge in [-0.25, -0.2) is 4.68 Å². The van der Waals surface area contributed by atoms with E-state index in [-0.39, 0.29) is 18.7 Å². The summed E-state index contributed by atoms with van der Waals surface area (Å²) in [5.74, 6) is 3.31. The van der Waals surface area contributed by atoms with Gasteiger partial charge in [-0.2, -0.15) is 5.10 Å². The van der Waals surface area contributed by atoms with Gasteiger partial charge >= 0.3 is 0 Å². The quantitative estimate of drug-likeness (QED) is 0.607. The van der Waals surface area contributed by atoms with Crippen LogP contribution in [0.3, 0.4) is 0 Å². The van der Waals surface area contributed by atoms with Crippen molar-refractivity contribution < 1.29 is 9.53 Å². The lowest BCUT2D eigenvalue weighted by molar-refractivity contribution is -0.0727. The Morgan fingerprint density at radius 2 is 1.90 bits per heavy atom. The Morgan fingerprint density at radius 1 is 1.23 bits per heavy atom.